The van der Waals surface area contributed by atoms with Crippen LogP contribution in [0, 0.1) is 0 Å². The number of nitrogens with zero attached hydrogens (tertiary/aromatic N) is 4. The molecule has 0 aliphatic carbocycles. The molecule has 2 aliphatic rings. The highest BCUT2D eigenvalue weighted by Gasteiger charge is 2.28. The van der Waals surface area contributed by atoms with Gasteiger partial charge in [0.1, 0.15) is 5.82 Å². The molecule has 0 atom stereocenters. The van der Waals surface area contributed by atoms with E-state index in [2.05, 4.69) is 34.5 Å². The van der Waals surface area contributed by atoms with E-state index in [4.69, 9.17) is 9.97 Å². The molecule has 1 fully saturated rings. The first-order valence-electron chi connectivity index (χ1n) is 12.5. The average molecular weight is 464 g/mol. The van der Waals surface area contributed by atoms with Crippen molar-refractivity contribution in [3.8, 4) is 11.4 Å². The van der Waals surface area contributed by atoms with Gasteiger partial charge in [-0.05, 0) is 30.7 Å². The van der Waals surface area contributed by atoms with Crippen LogP contribution in [0.1, 0.15) is 30.5 Å². The van der Waals surface area contributed by atoms with Gasteiger partial charge in [0, 0.05) is 42.6 Å². The van der Waals surface area contributed by atoms with E-state index < -0.39 is 0 Å². The minimum absolute atomic E-state index is 0.0799. The topological polar surface area (TPSA) is 61.4 Å². The fraction of sp³-hybridized carbons (Fsp3) is 0.276. The third-order valence-corrected chi connectivity index (χ3v) is 7.04. The van der Waals surface area contributed by atoms with Gasteiger partial charge in [0.2, 0.25) is 0 Å². The number of carbonyl (C=O) groups excluding carboxylic acids is 1. The van der Waals surface area contributed by atoms with E-state index in [1.807, 2.05) is 53.4 Å². The number of anilines is 2. The second-order valence-corrected chi connectivity index (χ2v) is 9.34. The van der Waals surface area contributed by atoms with Crippen LogP contribution in [0.2, 0.25) is 0 Å². The summed E-state index contributed by atoms with van der Waals surface area (Å²) in [6.07, 6.45) is 4.33. The van der Waals surface area contributed by atoms with Gasteiger partial charge >= 0.3 is 6.03 Å². The molecule has 6 rings (SSSR count). The first kappa shape index (κ1) is 21.6. The quantitative estimate of drug-likeness (QED) is 0.412. The molecule has 0 unspecified atom stereocenters. The van der Waals surface area contributed by atoms with E-state index in [0.29, 0.717) is 13.1 Å². The molecule has 0 spiro atoms. The Balaban J connectivity index is 1.31. The van der Waals surface area contributed by atoms with Crippen LogP contribution in [-0.4, -0.2) is 40.5 Å². The molecule has 0 saturated carbocycles. The smallest absolute Gasteiger partial charge is 0.322 e. The molecule has 3 aromatic carbocycles. The standard InChI is InChI=1S/C29H29N5O/c35-29(31-25-15-9-13-21-10-5-6-14-23(21)25)34-19-16-26-24(20-34)28(33-17-7-2-8-18-33)32-27(30-26)22-11-3-1-4-12-22/h1,3-6,9-15H,2,7-8,16-20H2,(H,31,35). The molecule has 2 aliphatic heterocycles. The van der Waals surface area contributed by atoms with Gasteiger partial charge in [-0.25, -0.2) is 14.8 Å². The van der Waals surface area contributed by atoms with Gasteiger partial charge < -0.3 is 15.1 Å². The number of amides is 2. The Morgan fingerprint density at radius 2 is 1.57 bits per heavy atom. The van der Waals surface area contributed by atoms with Crippen LogP contribution in [0.15, 0.2) is 72.8 Å². The van der Waals surface area contributed by atoms with Crippen LogP contribution < -0.4 is 10.2 Å². The molecule has 6 heteroatoms. The number of rotatable bonds is 3. The van der Waals surface area contributed by atoms with Crippen molar-refractivity contribution in [1.29, 1.82) is 0 Å². The van der Waals surface area contributed by atoms with Crippen LogP contribution in [-0.2, 0) is 13.0 Å². The molecule has 1 N–H and O–H groups in total. The Morgan fingerprint density at radius 1 is 0.800 bits per heavy atom. The van der Waals surface area contributed by atoms with Crippen molar-refractivity contribution >= 4 is 28.3 Å². The van der Waals surface area contributed by atoms with E-state index in [-0.39, 0.29) is 6.03 Å². The second-order valence-electron chi connectivity index (χ2n) is 9.34. The predicted molar refractivity (Wildman–Crippen MR) is 141 cm³/mol. The zero-order valence-electron chi connectivity index (χ0n) is 19.8. The molecule has 3 heterocycles. The van der Waals surface area contributed by atoms with Crippen LogP contribution in [0.4, 0.5) is 16.3 Å². The number of piperidine rings is 1. The van der Waals surface area contributed by atoms with Gasteiger partial charge in [0.15, 0.2) is 5.82 Å². The number of nitrogens with one attached hydrogen (secondary N) is 1. The van der Waals surface area contributed by atoms with E-state index >= 15 is 0 Å². The van der Waals surface area contributed by atoms with E-state index in [9.17, 15) is 4.79 Å². The summed E-state index contributed by atoms with van der Waals surface area (Å²) in [5.74, 6) is 1.77. The second kappa shape index (κ2) is 9.37. The number of hydrogen-bond donors (Lipinski definition) is 1. The minimum atomic E-state index is -0.0799. The number of urea groups is 1. The summed E-state index contributed by atoms with van der Waals surface area (Å²) in [5.41, 5.74) is 4.02. The molecule has 2 amide bonds. The Morgan fingerprint density at radius 3 is 2.43 bits per heavy atom. The molecule has 0 radical (unpaired) electrons. The first-order chi connectivity index (χ1) is 17.3. The molecule has 4 aromatic rings. The van der Waals surface area contributed by atoms with Crippen molar-refractivity contribution in [3.63, 3.8) is 0 Å². The zero-order chi connectivity index (χ0) is 23.6. The number of aromatic nitrogens is 2. The number of benzene rings is 3. The molecule has 35 heavy (non-hydrogen) atoms. The highest BCUT2D eigenvalue weighted by molar-refractivity contribution is 6.01. The Bertz CT molecular complexity index is 1360. The average Bonchev–Trinajstić information content (AvgIpc) is 2.93. The lowest BCUT2D eigenvalue weighted by atomic mass is 10.0. The Kier molecular flexibility index (Phi) is 5.78. The zero-order valence-corrected chi connectivity index (χ0v) is 19.8. The molecule has 1 aromatic heterocycles. The molecular formula is C29H29N5O. The van der Waals surface area contributed by atoms with E-state index in [0.717, 1.165) is 64.4 Å². The maximum atomic E-state index is 13.4. The van der Waals surface area contributed by atoms with Crippen molar-refractivity contribution < 1.29 is 4.79 Å². The Labute approximate surface area is 205 Å². The number of hydrogen-bond acceptors (Lipinski definition) is 4. The van der Waals surface area contributed by atoms with Gasteiger partial charge in [-0.2, -0.15) is 0 Å². The normalized spacial score (nSPS) is 15.7. The minimum Gasteiger partial charge on any atom is -0.356 e. The summed E-state index contributed by atoms with van der Waals surface area (Å²) in [4.78, 5) is 27.7. The van der Waals surface area contributed by atoms with E-state index in [1.165, 1.54) is 19.3 Å². The predicted octanol–water partition coefficient (Wildman–Crippen LogP) is 5.88. The molecule has 1 saturated heterocycles. The highest BCUT2D eigenvalue weighted by atomic mass is 16.2. The fourth-order valence-electron chi connectivity index (χ4n) is 5.18. The summed E-state index contributed by atoms with van der Waals surface area (Å²) in [6, 6.07) is 24.3. The number of carbonyl (C=O) groups is 1. The van der Waals surface area contributed by atoms with Crippen LogP contribution in [0.3, 0.4) is 0 Å². The third kappa shape index (κ3) is 4.32. The van der Waals surface area contributed by atoms with Crippen LogP contribution >= 0.6 is 0 Å². The lowest BCUT2D eigenvalue weighted by Gasteiger charge is -2.34. The maximum absolute atomic E-state index is 13.4. The van der Waals surface area contributed by atoms with Crippen LogP contribution in [0.25, 0.3) is 22.2 Å². The van der Waals surface area contributed by atoms with Gasteiger partial charge in [-0.1, -0.05) is 66.7 Å². The monoisotopic (exact) mass is 463 g/mol. The van der Waals surface area contributed by atoms with Crippen molar-refractivity contribution in [2.75, 3.05) is 29.9 Å². The number of fused-ring (bicyclic) bond motifs is 2. The van der Waals surface area contributed by atoms with Gasteiger partial charge in [-0.15, -0.1) is 0 Å². The molecular weight excluding hydrogens is 434 g/mol. The first-order valence-corrected chi connectivity index (χ1v) is 12.5. The summed E-state index contributed by atoms with van der Waals surface area (Å²) >= 11 is 0. The largest absolute Gasteiger partial charge is 0.356 e. The van der Waals surface area contributed by atoms with E-state index in [1.54, 1.807) is 0 Å². The third-order valence-electron chi connectivity index (χ3n) is 7.04. The van der Waals surface area contributed by atoms with Crippen molar-refractivity contribution in [1.82, 2.24) is 14.9 Å². The van der Waals surface area contributed by atoms with Crippen molar-refractivity contribution in [3.05, 3.63) is 84.1 Å². The summed E-state index contributed by atoms with van der Waals surface area (Å²) in [6.45, 7) is 3.15. The van der Waals surface area contributed by atoms with Gasteiger partial charge in [0.25, 0.3) is 0 Å². The molecule has 6 nitrogen and oxygen atoms in total. The molecule has 176 valence electrons. The van der Waals surface area contributed by atoms with Crippen LogP contribution in [0.5, 0.6) is 0 Å². The SMILES string of the molecule is O=C(Nc1cccc2ccccc12)N1CCc2nc(-c3ccccc3)nc(N3CCCCC3)c2C1. The molecule has 0 bridgehead atoms. The Hall–Kier alpha value is -3.93. The fourth-order valence-corrected chi connectivity index (χ4v) is 5.18. The van der Waals surface area contributed by atoms with Gasteiger partial charge in [0.05, 0.1) is 17.9 Å². The highest BCUT2D eigenvalue weighted by Crippen LogP contribution is 2.32. The van der Waals surface area contributed by atoms with Gasteiger partial charge in [-0.3, -0.25) is 0 Å². The lowest BCUT2D eigenvalue weighted by molar-refractivity contribution is 0.206. The summed E-state index contributed by atoms with van der Waals surface area (Å²) < 4.78 is 0. The summed E-state index contributed by atoms with van der Waals surface area (Å²) in [7, 11) is 0. The maximum Gasteiger partial charge on any atom is 0.322 e. The lowest BCUT2D eigenvalue weighted by Crippen LogP contribution is -2.41. The van der Waals surface area contributed by atoms with Crippen molar-refractivity contribution in [2.24, 2.45) is 0 Å². The van der Waals surface area contributed by atoms with Crippen molar-refractivity contribution in [2.45, 2.75) is 32.2 Å². The summed E-state index contributed by atoms with van der Waals surface area (Å²) in [5, 5.41) is 5.32.